The fourth-order valence-corrected chi connectivity index (χ4v) is 3.84. The molecule has 0 bridgehead atoms. The molecule has 1 aliphatic heterocycles. The monoisotopic (exact) mass is 433 g/mol. The SMILES string of the molecule is O=C(NCCN1CCOCC1)c1ccc2oc(-c3cc4cccn4cn3)c/c(=N\O)c2c1. The third-order valence-corrected chi connectivity index (χ3v) is 5.60. The first-order chi connectivity index (χ1) is 15.7. The Bertz CT molecular complexity index is 1340. The minimum absolute atomic E-state index is 0.187. The van der Waals surface area contributed by atoms with Crippen LogP contribution >= 0.6 is 0 Å². The molecule has 0 spiro atoms. The number of hydrogen-bond donors (Lipinski definition) is 2. The lowest BCUT2D eigenvalue weighted by Crippen LogP contribution is -2.41. The van der Waals surface area contributed by atoms with Gasteiger partial charge in [-0.25, -0.2) is 4.98 Å². The third-order valence-electron chi connectivity index (χ3n) is 5.60. The van der Waals surface area contributed by atoms with Crippen molar-refractivity contribution >= 4 is 22.4 Å². The molecular weight excluding hydrogens is 410 g/mol. The molecule has 0 radical (unpaired) electrons. The van der Waals surface area contributed by atoms with Crippen molar-refractivity contribution in [3.8, 4) is 11.5 Å². The molecule has 4 heterocycles. The first-order valence-corrected chi connectivity index (χ1v) is 10.5. The lowest BCUT2D eigenvalue weighted by molar-refractivity contribution is 0.0383. The third kappa shape index (κ3) is 4.08. The van der Waals surface area contributed by atoms with Gasteiger partial charge in [-0.1, -0.05) is 5.16 Å². The number of amides is 1. The van der Waals surface area contributed by atoms with Crippen LogP contribution < -0.4 is 10.7 Å². The van der Waals surface area contributed by atoms with Crippen molar-refractivity contribution in [1.29, 1.82) is 0 Å². The van der Waals surface area contributed by atoms with Crippen molar-refractivity contribution in [2.24, 2.45) is 5.16 Å². The first kappa shape index (κ1) is 20.2. The Hall–Kier alpha value is -3.69. The summed E-state index contributed by atoms with van der Waals surface area (Å²) in [6.45, 7) is 4.54. The minimum Gasteiger partial charge on any atom is -0.454 e. The lowest BCUT2D eigenvalue weighted by Gasteiger charge is -2.26. The van der Waals surface area contributed by atoms with E-state index in [0.29, 0.717) is 39.9 Å². The normalized spacial score (nSPS) is 15.4. The van der Waals surface area contributed by atoms with E-state index >= 15 is 0 Å². The average Bonchev–Trinajstić information content (AvgIpc) is 3.31. The summed E-state index contributed by atoms with van der Waals surface area (Å²) in [7, 11) is 0. The zero-order valence-corrected chi connectivity index (χ0v) is 17.4. The summed E-state index contributed by atoms with van der Waals surface area (Å²) in [6, 6.07) is 12.5. The number of benzene rings is 1. The van der Waals surface area contributed by atoms with Gasteiger partial charge in [-0.05, 0) is 36.4 Å². The van der Waals surface area contributed by atoms with Crippen molar-refractivity contribution in [1.82, 2.24) is 19.6 Å². The van der Waals surface area contributed by atoms with Gasteiger partial charge >= 0.3 is 0 Å². The summed E-state index contributed by atoms with van der Waals surface area (Å²) < 4.78 is 13.3. The van der Waals surface area contributed by atoms with Crippen molar-refractivity contribution < 1.29 is 19.2 Å². The number of fused-ring (bicyclic) bond motifs is 2. The van der Waals surface area contributed by atoms with Crippen LogP contribution in [0.4, 0.5) is 0 Å². The molecule has 32 heavy (non-hydrogen) atoms. The molecule has 0 unspecified atom stereocenters. The van der Waals surface area contributed by atoms with Crippen LogP contribution in [0.15, 0.2) is 64.6 Å². The second-order valence-electron chi connectivity index (χ2n) is 7.63. The highest BCUT2D eigenvalue weighted by atomic mass is 16.5. The minimum atomic E-state index is -0.187. The van der Waals surface area contributed by atoms with E-state index < -0.39 is 0 Å². The van der Waals surface area contributed by atoms with Gasteiger partial charge in [-0.15, -0.1) is 0 Å². The maximum absolute atomic E-state index is 12.6. The second-order valence-corrected chi connectivity index (χ2v) is 7.63. The van der Waals surface area contributed by atoms with Crippen LogP contribution in [0.25, 0.3) is 27.9 Å². The van der Waals surface area contributed by atoms with Gasteiger partial charge in [0.2, 0.25) is 0 Å². The molecule has 164 valence electrons. The van der Waals surface area contributed by atoms with E-state index in [1.807, 2.05) is 28.8 Å². The summed E-state index contributed by atoms with van der Waals surface area (Å²) in [5.74, 6) is 0.283. The van der Waals surface area contributed by atoms with E-state index in [0.717, 1.165) is 38.4 Å². The second kappa shape index (κ2) is 8.81. The van der Waals surface area contributed by atoms with Gasteiger partial charge in [0, 0.05) is 54.9 Å². The van der Waals surface area contributed by atoms with Crippen LogP contribution in [0.2, 0.25) is 0 Å². The maximum Gasteiger partial charge on any atom is 0.251 e. The number of morpholine rings is 1. The molecule has 9 nitrogen and oxygen atoms in total. The smallest absolute Gasteiger partial charge is 0.251 e. The van der Waals surface area contributed by atoms with Crippen molar-refractivity contribution in [2.75, 3.05) is 39.4 Å². The van der Waals surface area contributed by atoms with Crippen molar-refractivity contribution in [3.63, 3.8) is 0 Å². The fraction of sp³-hybridized carbons (Fsp3) is 0.261. The Morgan fingerprint density at radius 1 is 1.19 bits per heavy atom. The number of carbonyl (C=O) groups excluding carboxylic acids is 1. The first-order valence-electron chi connectivity index (χ1n) is 10.5. The van der Waals surface area contributed by atoms with Crippen LogP contribution in [0.3, 0.4) is 0 Å². The highest BCUT2D eigenvalue weighted by Gasteiger charge is 2.13. The quantitative estimate of drug-likeness (QED) is 0.369. The lowest BCUT2D eigenvalue weighted by atomic mass is 10.1. The molecule has 1 aromatic carbocycles. The predicted molar refractivity (Wildman–Crippen MR) is 117 cm³/mol. The zero-order valence-electron chi connectivity index (χ0n) is 17.4. The Morgan fingerprint density at radius 2 is 2.06 bits per heavy atom. The van der Waals surface area contributed by atoms with Crippen molar-refractivity contribution in [3.05, 3.63) is 65.9 Å². The summed E-state index contributed by atoms with van der Waals surface area (Å²) in [5, 5.41) is 16.8. The Balaban J connectivity index is 1.38. The molecule has 0 aliphatic carbocycles. The van der Waals surface area contributed by atoms with Crippen LogP contribution in [-0.4, -0.2) is 64.8 Å². The van der Waals surface area contributed by atoms with E-state index in [9.17, 15) is 10.0 Å². The molecule has 5 rings (SSSR count). The molecule has 2 N–H and O–H groups in total. The summed E-state index contributed by atoms with van der Waals surface area (Å²) in [5.41, 5.74) is 2.56. The highest BCUT2D eigenvalue weighted by molar-refractivity contribution is 5.97. The van der Waals surface area contributed by atoms with E-state index in [4.69, 9.17) is 9.15 Å². The standard InChI is InChI=1S/C23H23N5O4/c29-23(24-5-7-27-8-10-31-11-9-27)16-3-4-21-18(12-16)19(26-30)14-22(32-21)20-13-17-2-1-6-28(17)15-25-20/h1-4,6,12-15,30H,5,7-11H2,(H,24,29)/b26-19+. The van der Waals surface area contributed by atoms with Gasteiger partial charge < -0.3 is 24.1 Å². The van der Waals surface area contributed by atoms with Gasteiger partial charge in [0.15, 0.2) is 5.76 Å². The van der Waals surface area contributed by atoms with Crippen LogP contribution in [0.5, 0.6) is 0 Å². The molecule has 9 heteroatoms. The number of hydrogen-bond acceptors (Lipinski definition) is 7. The van der Waals surface area contributed by atoms with E-state index in [-0.39, 0.29) is 5.91 Å². The molecule has 0 atom stereocenters. The number of aromatic nitrogens is 2. The molecule has 1 amide bonds. The summed E-state index contributed by atoms with van der Waals surface area (Å²) in [4.78, 5) is 19.3. The average molecular weight is 433 g/mol. The van der Waals surface area contributed by atoms with Gasteiger partial charge in [0.05, 0.1) is 19.5 Å². The van der Waals surface area contributed by atoms with Gasteiger partial charge in [0.25, 0.3) is 5.91 Å². The van der Waals surface area contributed by atoms with Gasteiger partial charge in [-0.2, -0.15) is 0 Å². The van der Waals surface area contributed by atoms with E-state index in [2.05, 4.69) is 20.4 Å². The van der Waals surface area contributed by atoms with Gasteiger partial charge in [-0.3, -0.25) is 9.69 Å². The molecule has 1 fully saturated rings. The highest BCUT2D eigenvalue weighted by Crippen LogP contribution is 2.22. The van der Waals surface area contributed by atoms with Crippen molar-refractivity contribution in [2.45, 2.75) is 0 Å². The zero-order chi connectivity index (χ0) is 21.9. The maximum atomic E-state index is 12.6. The molecule has 1 saturated heterocycles. The Kier molecular flexibility index (Phi) is 5.57. The molecule has 1 aliphatic rings. The van der Waals surface area contributed by atoms with Crippen LogP contribution in [-0.2, 0) is 4.74 Å². The fourth-order valence-electron chi connectivity index (χ4n) is 3.84. The summed E-state index contributed by atoms with van der Waals surface area (Å²) >= 11 is 0. The number of carbonyl (C=O) groups is 1. The van der Waals surface area contributed by atoms with Crippen LogP contribution in [0, 0.1) is 0 Å². The van der Waals surface area contributed by atoms with E-state index in [1.165, 1.54) is 0 Å². The molecule has 4 aromatic rings. The Morgan fingerprint density at radius 3 is 2.91 bits per heavy atom. The van der Waals surface area contributed by atoms with E-state index in [1.54, 1.807) is 30.6 Å². The summed E-state index contributed by atoms with van der Waals surface area (Å²) in [6.07, 6.45) is 3.61. The van der Waals surface area contributed by atoms with Gasteiger partial charge in [0.1, 0.15) is 16.6 Å². The number of nitrogens with zero attached hydrogens (tertiary/aromatic N) is 4. The Labute approximate surface area is 183 Å². The van der Waals surface area contributed by atoms with Crippen LogP contribution in [0.1, 0.15) is 10.4 Å². The molecule has 3 aromatic heterocycles. The number of ether oxygens (including phenoxy) is 1. The molecule has 0 saturated carbocycles. The predicted octanol–water partition coefficient (Wildman–Crippen LogP) is 2.10. The topological polar surface area (TPSA) is 105 Å². The number of nitrogens with one attached hydrogen (secondary N) is 1. The largest absolute Gasteiger partial charge is 0.454 e. The molecular formula is C23H23N5O4. The number of rotatable bonds is 5.